The summed E-state index contributed by atoms with van der Waals surface area (Å²) >= 11 is 0. The van der Waals surface area contributed by atoms with Gasteiger partial charge in [-0.3, -0.25) is 4.79 Å². The standard InChI is InChI=1S/C22H18N2O5/c1-13-10-16(17(12-23)21(25)24-13)15-8-9-18(28-2)19(11-15)29-20(22(26)27)14-6-4-3-5-7-14/h3-11,20H,1-2H3,(H,24,25)(H,26,27). The van der Waals surface area contributed by atoms with Crippen molar-refractivity contribution in [2.75, 3.05) is 7.11 Å². The van der Waals surface area contributed by atoms with Crippen molar-refractivity contribution >= 4 is 5.97 Å². The fourth-order valence-corrected chi connectivity index (χ4v) is 2.98. The summed E-state index contributed by atoms with van der Waals surface area (Å²) in [5.41, 5.74) is 1.49. The minimum absolute atomic E-state index is 0.0374. The van der Waals surface area contributed by atoms with Crippen molar-refractivity contribution in [1.82, 2.24) is 4.98 Å². The summed E-state index contributed by atoms with van der Waals surface area (Å²) in [7, 11) is 1.44. The molecule has 1 atom stereocenters. The predicted octanol–water partition coefficient (Wildman–Crippen LogP) is 3.44. The second kappa shape index (κ2) is 8.31. The molecule has 29 heavy (non-hydrogen) atoms. The van der Waals surface area contributed by atoms with Crippen LogP contribution in [-0.4, -0.2) is 23.2 Å². The highest BCUT2D eigenvalue weighted by molar-refractivity contribution is 5.76. The summed E-state index contributed by atoms with van der Waals surface area (Å²) in [6, 6.07) is 17.0. The van der Waals surface area contributed by atoms with Gasteiger partial charge in [-0.05, 0) is 30.7 Å². The Balaban J connectivity index is 2.11. The third kappa shape index (κ3) is 4.12. The van der Waals surface area contributed by atoms with E-state index < -0.39 is 17.6 Å². The Labute approximate surface area is 166 Å². The molecule has 1 heterocycles. The Kier molecular flexibility index (Phi) is 5.65. The number of aromatic amines is 1. The summed E-state index contributed by atoms with van der Waals surface area (Å²) in [6.07, 6.45) is -1.25. The molecule has 0 saturated carbocycles. The molecule has 1 unspecified atom stereocenters. The fourth-order valence-electron chi connectivity index (χ4n) is 2.98. The van der Waals surface area contributed by atoms with Crippen molar-refractivity contribution in [2.45, 2.75) is 13.0 Å². The van der Waals surface area contributed by atoms with Crippen LogP contribution in [0.25, 0.3) is 11.1 Å². The normalized spacial score (nSPS) is 11.3. The number of benzene rings is 2. The van der Waals surface area contributed by atoms with Crippen molar-refractivity contribution < 1.29 is 19.4 Å². The van der Waals surface area contributed by atoms with Gasteiger partial charge in [0.1, 0.15) is 11.6 Å². The number of rotatable bonds is 6. The fraction of sp³-hybridized carbons (Fsp3) is 0.136. The smallest absolute Gasteiger partial charge is 0.349 e. The number of carboxylic acid groups (broad SMARTS) is 1. The number of pyridine rings is 1. The van der Waals surface area contributed by atoms with E-state index in [4.69, 9.17) is 9.47 Å². The van der Waals surface area contributed by atoms with E-state index in [0.29, 0.717) is 28.1 Å². The van der Waals surface area contributed by atoms with E-state index in [-0.39, 0.29) is 11.3 Å². The van der Waals surface area contributed by atoms with E-state index in [1.54, 1.807) is 61.5 Å². The number of nitriles is 1. The van der Waals surface area contributed by atoms with Crippen molar-refractivity contribution in [3.05, 3.63) is 81.8 Å². The van der Waals surface area contributed by atoms with Crippen LogP contribution in [0.1, 0.15) is 22.9 Å². The summed E-state index contributed by atoms with van der Waals surface area (Å²) in [5.74, 6) is -0.646. The van der Waals surface area contributed by atoms with Crippen molar-refractivity contribution in [3.63, 3.8) is 0 Å². The van der Waals surface area contributed by atoms with Crippen LogP contribution in [0.3, 0.4) is 0 Å². The Hall–Kier alpha value is -4.05. The molecule has 3 rings (SSSR count). The molecule has 146 valence electrons. The number of carbonyl (C=O) groups is 1. The molecule has 0 saturated heterocycles. The quantitative estimate of drug-likeness (QED) is 0.667. The first kappa shape index (κ1) is 19.7. The molecule has 0 radical (unpaired) electrons. The highest BCUT2D eigenvalue weighted by Gasteiger charge is 2.24. The van der Waals surface area contributed by atoms with Crippen molar-refractivity contribution in [2.24, 2.45) is 0 Å². The number of aryl methyl sites for hydroxylation is 1. The number of hydrogen-bond donors (Lipinski definition) is 2. The van der Waals surface area contributed by atoms with Gasteiger partial charge in [0.25, 0.3) is 5.56 Å². The predicted molar refractivity (Wildman–Crippen MR) is 106 cm³/mol. The molecule has 2 aromatic carbocycles. The third-order valence-electron chi connectivity index (χ3n) is 4.33. The Morgan fingerprint density at radius 1 is 1.14 bits per heavy atom. The number of ether oxygens (including phenoxy) is 2. The minimum Gasteiger partial charge on any atom is -0.493 e. The number of methoxy groups -OCH3 is 1. The number of carboxylic acids is 1. The first-order chi connectivity index (χ1) is 13.9. The monoisotopic (exact) mass is 390 g/mol. The molecule has 3 aromatic rings. The highest BCUT2D eigenvalue weighted by Crippen LogP contribution is 2.36. The second-order valence-corrected chi connectivity index (χ2v) is 6.29. The van der Waals surface area contributed by atoms with Gasteiger partial charge < -0.3 is 19.6 Å². The highest BCUT2D eigenvalue weighted by atomic mass is 16.5. The van der Waals surface area contributed by atoms with Crippen LogP contribution in [0, 0.1) is 18.3 Å². The van der Waals surface area contributed by atoms with Crippen LogP contribution >= 0.6 is 0 Å². The lowest BCUT2D eigenvalue weighted by atomic mass is 10.0. The van der Waals surface area contributed by atoms with Gasteiger partial charge in [-0.25, -0.2) is 4.79 Å². The van der Waals surface area contributed by atoms with Gasteiger partial charge in [-0.15, -0.1) is 0 Å². The topological polar surface area (TPSA) is 112 Å². The maximum atomic E-state index is 12.1. The van der Waals surface area contributed by atoms with Crippen molar-refractivity contribution in [3.8, 4) is 28.7 Å². The van der Waals surface area contributed by atoms with Gasteiger partial charge in [0.2, 0.25) is 6.10 Å². The third-order valence-corrected chi connectivity index (χ3v) is 4.33. The van der Waals surface area contributed by atoms with Crippen LogP contribution in [0.2, 0.25) is 0 Å². The molecule has 0 amide bonds. The maximum absolute atomic E-state index is 12.1. The Morgan fingerprint density at radius 2 is 1.86 bits per heavy atom. The second-order valence-electron chi connectivity index (χ2n) is 6.29. The molecule has 0 fully saturated rings. The number of nitrogens with one attached hydrogen (secondary N) is 1. The van der Waals surface area contributed by atoms with E-state index in [1.165, 1.54) is 7.11 Å². The van der Waals surface area contributed by atoms with E-state index in [1.807, 2.05) is 6.07 Å². The number of hydrogen-bond acceptors (Lipinski definition) is 5. The molecule has 7 nitrogen and oxygen atoms in total. The molecule has 1 aromatic heterocycles. The molecule has 0 spiro atoms. The first-order valence-electron chi connectivity index (χ1n) is 8.71. The van der Waals surface area contributed by atoms with Crippen LogP contribution in [0.4, 0.5) is 0 Å². The van der Waals surface area contributed by atoms with Crippen LogP contribution in [0.15, 0.2) is 59.4 Å². The largest absolute Gasteiger partial charge is 0.493 e. The molecule has 2 N–H and O–H groups in total. The average molecular weight is 390 g/mol. The number of H-pyrrole nitrogens is 1. The summed E-state index contributed by atoms with van der Waals surface area (Å²) in [6.45, 7) is 1.71. The van der Waals surface area contributed by atoms with Crippen LogP contribution in [0.5, 0.6) is 11.5 Å². The average Bonchev–Trinajstić information content (AvgIpc) is 2.71. The Morgan fingerprint density at radius 3 is 2.48 bits per heavy atom. The van der Waals surface area contributed by atoms with Crippen LogP contribution < -0.4 is 15.0 Å². The molecule has 7 heteroatoms. The van der Waals surface area contributed by atoms with Gasteiger partial charge >= 0.3 is 5.97 Å². The number of nitrogens with zero attached hydrogens (tertiary/aromatic N) is 1. The van der Waals surface area contributed by atoms with Gasteiger partial charge in [-0.2, -0.15) is 5.26 Å². The maximum Gasteiger partial charge on any atom is 0.349 e. The summed E-state index contributed by atoms with van der Waals surface area (Å²) in [4.78, 5) is 26.5. The number of aromatic nitrogens is 1. The molecular weight excluding hydrogens is 372 g/mol. The Bertz CT molecular complexity index is 1150. The minimum atomic E-state index is -1.25. The first-order valence-corrected chi connectivity index (χ1v) is 8.71. The van der Waals surface area contributed by atoms with E-state index in [2.05, 4.69) is 4.98 Å². The molecule has 0 aliphatic carbocycles. The van der Waals surface area contributed by atoms with Gasteiger partial charge in [-0.1, -0.05) is 36.4 Å². The van der Waals surface area contributed by atoms with E-state index >= 15 is 0 Å². The molecular formula is C22H18N2O5. The molecule has 0 aliphatic rings. The zero-order chi connectivity index (χ0) is 21.0. The van der Waals surface area contributed by atoms with Crippen LogP contribution in [-0.2, 0) is 4.79 Å². The van der Waals surface area contributed by atoms with Gasteiger partial charge in [0.05, 0.1) is 7.11 Å². The lowest BCUT2D eigenvalue weighted by Crippen LogP contribution is -2.18. The molecule has 0 aliphatic heterocycles. The van der Waals surface area contributed by atoms with Gasteiger partial charge in [0, 0.05) is 16.8 Å². The summed E-state index contributed by atoms with van der Waals surface area (Å²) in [5, 5.41) is 19.0. The number of aliphatic carboxylic acids is 1. The summed E-state index contributed by atoms with van der Waals surface area (Å²) < 4.78 is 11.1. The zero-order valence-electron chi connectivity index (χ0n) is 15.8. The lowest BCUT2D eigenvalue weighted by molar-refractivity contribution is -0.145. The SMILES string of the molecule is COc1ccc(-c2cc(C)[nH]c(=O)c2C#N)cc1OC(C(=O)O)c1ccccc1. The van der Waals surface area contributed by atoms with Crippen molar-refractivity contribution in [1.29, 1.82) is 5.26 Å². The molecule has 0 bridgehead atoms. The van der Waals surface area contributed by atoms with E-state index in [9.17, 15) is 20.0 Å². The van der Waals surface area contributed by atoms with E-state index in [0.717, 1.165) is 0 Å². The zero-order valence-corrected chi connectivity index (χ0v) is 15.8. The lowest BCUT2D eigenvalue weighted by Gasteiger charge is -2.18. The van der Waals surface area contributed by atoms with Gasteiger partial charge in [0.15, 0.2) is 11.5 Å².